The SMILES string of the molecule is COC1=C(O)C=CC(CCC(=O)CC2OC[C@@H](O)[C@H](O)[C@H]2O)C1. The summed E-state index contributed by atoms with van der Waals surface area (Å²) >= 11 is 0. The number of allylic oxidation sites excluding steroid dienone is 3. The van der Waals surface area contributed by atoms with Crippen LogP contribution in [0.5, 0.6) is 0 Å². The summed E-state index contributed by atoms with van der Waals surface area (Å²) in [5, 5.41) is 38.4. The summed E-state index contributed by atoms with van der Waals surface area (Å²) in [6.45, 7) is -0.0944. The van der Waals surface area contributed by atoms with Crippen LogP contribution in [0.25, 0.3) is 0 Å². The van der Waals surface area contributed by atoms with Crippen molar-refractivity contribution in [1.29, 1.82) is 0 Å². The predicted molar refractivity (Wildman–Crippen MR) is 80.5 cm³/mol. The Kier molecular flexibility index (Phi) is 6.17. The number of ketones is 1. The van der Waals surface area contributed by atoms with Gasteiger partial charge in [0.25, 0.3) is 0 Å². The molecule has 2 rings (SSSR count). The number of methoxy groups -OCH3 is 1. The second kappa shape index (κ2) is 7.92. The Bertz CT molecular complexity index is 485. The zero-order chi connectivity index (χ0) is 17.0. The topological polar surface area (TPSA) is 116 Å². The van der Waals surface area contributed by atoms with Gasteiger partial charge in [0.05, 0.1) is 19.8 Å². The molecule has 1 saturated heterocycles. The van der Waals surface area contributed by atoms with Crippen molar-refractivity contribution in [2.24, 2.45) is 5.92 Å². The van der Waals surface area contributed by atoms with E-state index < -0.39 is 24.4 Å². The summed E-state index contributed by atoms with van der Waals surface area (Å²) in [5.41, 5.74) is 0. The number of ether oxygens (including phenoxy) is 2. The highest BCUT2D eigenvalue weighted by Crippen LogP contribution is 2.27. The van der Waals surface area contributed by atoms with Crippen molar-refractivity contribution < 1.29 is 34.7 Å². The van der Waals surface area contributed by atoms with Crippen LogP contribution in [0.1, 0.15) is 25.7 Å². The predicted octanol–water partition coefficient (Wildman–Crippen LogP) is 0.199. The van der Waals surface area contributed by atoms with Crippen LogP contribution in [-0.2, 0) is 14.3 Å². The third-order valence-corrected chi connectivity index (χ3v) is 4.33. The van der Waals surface area contributed by atoms with Gasteiger partial charge in [-0.1, -0.05) is 6.08 Å². The standard InChI is InChI=1S/C16H24O7/c1-22-13-6-9(3-5-11(13)18)2-4-10(17)7-14-16(21)15(20)12(19)8-23-14/h3,5,9,12,14-16,18-21H,2,4,6-8H2,1H3/t9?,12-,14?,15+,16+/m1/s1. The van der Waals surface area contributed by atoms with Gasteiger partial charge in [-0.05, 0) is 18.4 Å². The second-order valence-corrected chi connectivity index (χ2v) is 6.04. The van der Waals surface area contributed by atoms with Crippen molar-refractivity contribution in [3.63, 3.8) is 0 Å². The van der Waals surface area contributed by atoms with E-state index in [4.69, 9.17) is 9.47 Å². The normalized spacial score (nSPS) is 34.5. The molecule has 1 aliphatic heterocycles. The van der Waals surface area contributed by atoms with Gasteiger partial charge in [-0.15, -0.1) is 0 Å². The molecular formula is C16H24O7. The molecule has 23 heavy (non-hydrogen) atoms. The molecular weight excluding hydrogens is 304 g/mol. The van der Waals surface area contributed by atoms with E-state index in [1.54, 1.807) is 6.08 Å². The molecule has 7 heteroatoms. The van der Waals surface area contributed by atoms with Gasteiger partial charge in [0, 0.05) is 19.3 Å². The molecule has 130 valence electrons. The van der Waals surface area contributed by atoms with Crippen molar-refractivity contribution >= 4 is 5.78 Å². The van der Waals surface area contributed by atoms with Crippen LogP contribution < -0.4 is 0 Å². The number of hydrogen-bond acceptors (Lipinski definition) is 7. The Labute approximate surface area is 134 Å². The van der Waals surface area contributed by atoms with Crippen molar-refractivity contribution in [1.82, 2.24) is 0 Å². The van der Waals surface area contributed by atoms with Crippen molar-refractivity contribution in [2.75, 3.05) is 13.7 Å². The molecule has 0 radical (unpaired) electrons. The molecule has 0 aromatic heterocycles. The maximum atomic E-state index is 12.1. The van der Waals surface area contributed by atoms with Gasteiger partial charge < -0.3 is 29.9 Å². The van der Waals surface area contributed by atoms with Gasteiger partial charge in [-0.25, -0.2) is 0 Å². The van der Waals surface area contributed by atoms with Crippen LogP contribution in [0.2, 0.25) is 0 Å². The molecule has 0 saturated carbocycles. The van der Waals surface area contributed by atoms with Crippen LogP contribution in [0.15, 0.2) is 23.7 Å². The van der Waals surface area contributed by atoms with Crippen LogP contribution in [0.4, 0.5) is 0 Å². The Hall–Kier alpha value is -1.41. The lowest BCUT2D eigenvalue weighted by Crippen LogP contribution is -2.53. The number of hydrogen-bond donors (Lipinski definition) is 4. The Balaban J connectivity index is 1.77. The van der Waals surface area contributed by atoms with Gasteiger partial charge in [-0.2, -0.15) is 0 Å². The number of Topliss-reactive ketones (excluding diaryl/α,β-unsaturated/α-hetero) is 1. The molecule has 0 spiro atoms. The average molecular weight is 328 g/mol. The molecule has 0 amide bonds. The van der Waals surface area contributed by atoms with Gasteiger partial charge in [0.15, 0.2) is 5.76 Å². The van der Waals surface area contributed by atoms with Gasteiger partial charge >= 0.3 is 0 Å². The number of aliphatic hydroxyl groups is 4. The molecule has 2 aliphatic rings. The zero-order valence-electron chi connectivity index (χ0n) is 13.1. The van der Waals surface area contributed by atoms with E-state index >= 15 is 0 Å². The van der Waals surface area contributed by atoms with E-state index in [2.05, 4.69) is 0 Å². The molecule has 7 nitrogen and oxygen atoms in total. The fraction of sp³-hybridized carbons (Fsp3) is 0.688. The van der Waals surface area contributed by atoms with Crippen molar-refractivity contribution in [3.8, 4) is 0 Å². The maximum Gasteiger partial charge on any atom is 0.152 e. The van der Waals surface area contributed by atoms with Crippen LogP contribution in [0.3, 0.4) is 0 Å². The minimum Gasteiger partial charge on any atom is -0.505 e. The summed E-state index contributed by atoms with van der Waals surface area (Å²) in [6, 6.07) is 0. The third-order valence-electron chi connectivity index (χ3n) is 4.33. The minimum atomic E-state index is -1.29. The molecule has 4 N–H and O–H groups in total. The Morgan fingerprint density at radius 2 is 2.09 bits per heavy atom. The van der Waals surface area contributed by atoms with E-state index in [1.165, 1.54) is 7.11 Å². The fourth-order valence-corrected chi connectivity index (χ4v) is 2.84. The minimum absolute atomic E-state index is 0.000392. The van der Waals surface area contributed by atoms with Crippen molar-refractivity contribution in [2.45, 2.75) is 50.1 Å². The highest BCUT2D eigenvalue weighted by molar-refractivity contribution is 5.79. The molecule has 5 atom stereocenters. The third kappa shape index (κ3) is 4.54. The van der Waals surface area contributed by atoms with Gasteiger partial charge in [-0.3, -0.25) is 4.79 Å². The summed E-state index contributed by atoms with van der Waals surface area (Å²) in [4.78, 5) is 12.1. The van der Waals surface area contributed by atoms with Gasteiger partial charge in [0.2, 0.25) is 0 Å². The Morgan fingerprint density at radius 3 is 2.78 bits per heavy atom. The molecule has 2 unspecified atom stereocenters. The molecule has 1 fully saturated rings. The average Bonchev–Trinajstić information content (AvgIpc) is 2.54. The van der Waals surface area contributed by atoms with Crippen LogP contribution >= 0.6 is 0 Å². The first-order valence-electron chi connectivity index (χ1n) is 7.74. The van der Waals surface area contributed by atoms with E-state index in [-0.39, 0.29) is 30.5 Å². The van der Waals surface area contributed by atoms with Crippen LogP contribution in [-0.4, -0.2) is 64.3 Å². The Morgan fingerprint density at radius 1 is 1.35 bits per heavy atom. The van der Waals surface area contributed by atoms with E-state index in [0.29, 0.717) is 25.0 Å². The lowest BCUT2D eigenvalue weighted by molar-refractivity contribution is -0.189. The largest absolute Gasteiger partial charge is 0.505 e. The molecule has 0 aromatic rings. The highest BCUT2D eigenvalue weighted by atomic mass is 16.5. The van der Waals surface area contributed by atoms with E-state index in [1.807, 2.05) is 6.08 Å². The zero-order valence-corrected chi connectivity index (χ0v) is 13.1. The fourth-order valence-electron chi connectivity index (χ4n) is 2.84. The van der Waals surface area contributed by atoms with Crippen LogP contribution in [0, 0.1) is 5.92 Å². The monoisotopic (exact) mass is 328 g/mol. The smallest absolute Gasteiger partial charge is 0.152 e. The number of carbonyl (C=O) groups excluding carboxylic acids is 1. The molecule has 0 bridgehead atoms. The lowest BCUT2D eigenvalue weighted by Gasteiger charge is -2.35. The van der Waals surface area contributed by atoms with E-state index in [0.717, 1.165) is 0 Å². The van der Waals surface area contributed by atoms with E-state index in [9.17, 15) is 25.2 Å². The molecule has 0 aromatic carbocycles. The van der Waals surface area contributed by atoms with Crippen molar-refractivity contribution in [3.05, 3.63) is 23.7 Å². The number of aliphatic hydroxyl groups excluding tert-OH is 4. The van der Waals surface area contributed by atoms with Gasteiger partial charge in [0.1, 0.15) is 29.9 Å². The molecule has 1 aliphatic carbocycles. The first-order chi connectivity index (χ1) is 10.9. The number of rotatable bonds is 6. The summed E-state index contributed by atoms with van der Waals surface area (Å²) < 4.78 is 10.3. The highest BCUT2D eigenvalue weighted by Gasteiger charge is 2.38. The first kappa shape index (κ1) is 17.9. The molecule has 1 heterocycles. The maximum absolute atomic E-state index is 12.1. The number of carbonyl (C=O) groups is 1. The lowest BCUT2D eigenvalue weighted by atomic mass is 9.90. The first-order valence-corrected chi connectivity index (χ1v) is 7.74. The quantitative estimate of drug-likeness (QED) is 0.550. The summed E-state index contributed by atoms with van der Waals surface area (Å²) in [5.74, 6) is 0.646. The second-order valence-electron chi connectivity index (χ2n) is 6.04. The summed E-state index contributed by atoms with van der Waals surface area (Å²) in [6.07, 6.45) is 0.385. The summed E-state index contributed by atoms with van der Waals surface area (Å²) in [7, 11) is 1.49.